The zero-order chi connectivity index (χ0) is 14.1. The van der Waals surface area contributed by atoms with Crippen LogP contribution in [0.25, 0.3) is 11.4 Å². The number of nitrogens with two attached hydrogens (primary N) is 1. The molecule has 0 fully saturated rings. The first-order chi connectivity index (χ1) is 9.61. The van der Waals surface area contributed by atoms with Gasteiger partial charge in [0, 0.05) is 10.9 Å². The van der Waals surface area contributed by atoms with Crippen molar-refractivity contribution in [1.82, 2.24) is 20.2 Å². The molecule has 3 rings (SSSR count). The standard InChI is InChI=1S/C12H9F2N5S/c13-8-2-1-6(3-9(8)14)11-17-10(18-19-11)4-7-5-20-12(15)16-7/h1-3,5H,4H2,(H2,15,16)(H,17,18,19). The van der Waals surface area contributed by atoms with Crippen molar-refractivity contribution < 1.29 is 8.78 Å². The predicted octanol–water partition coefficient (Wildman–Crippen LogP) is 2.38. The molecule has 0 aliphatic heterocycles. The van der Waals surface area contributed by atoms with Crippen LogP contribution in [0.15, 0.2) is 23.6 Å². The lowest BCUT2D eigenvalue weighted by Crippen LogP contribution is -1.92. The molecule has 0 spiro atoms. The molecule has 2 heterocycles. The molecule has 1 aromatic carbocycles. The Labute approximate surface area is 116 Å². The number of hydrogen-bond acceptors (Lipinski definition) is 5. The average Bonchev–Trinajstić information content (AvgIpc) is 3.03. The number of H-pyrrole nitrogens is 1. The largest absolute Gasteiger partial charge is 0.375 e. The molecular formula is C12H9F2N5S. The summed E-state index contributed by atoms with van der Waals surface area (Å²) in [5.41, 5.74) is 6.73. The highest BCUT2D eigenvalue weighted by Crippen LogP contribution is 2.19. The SMILES string of the molecule is Nc1nc(Cc2nc(-c3ccc(F)c(F)c3)n[nH]2)cs1. The van der Waals surface area contributed by atoms with E-state index in [1.54, 1.807) is 0 Å². The van der Waals surface area contributed by atoms with Gasteiger partial charge < -0.3 is 5.73 Å². The van der Waals surface area contributed by atoms with Gasteiger partial charge >= 0.3 is 0 Å². The maximum Gasteiger partial charge on any atom is 0.181 e. The van der Waals surface area contributed by atoms with Crippen molar-refractivity contribution in [2.75, 3.05) is 5.73 Å². The summed E-state index contributed by atoms with van der Waals surface area (Å²) in [7, 11) is 0. The Hall–Kier alpha value is -2.35. The van der Waals surface area contributed by atoms with E-state index in [9.17, 15) is 8.78 Å². The second kappa shape index (κ2) is 4.97. The fraction of sp³-hybridized carbons (Fsp3) is 0.0833. The topological polar surface area (TPSA) is 80.5 Å². The first kappa shape index (κ1) is 12.7. The molecule has 3 aromatic rings. The van der Waals surface area contributed by atoms with Gasteiger partial charge in [-0.2, -0.15) is 5.10 Å². The van der Waals surface area contributed by atoms with Crippen molar-refractivity contribution in [2.24, 2.45) is 0 Å². The Morgan fingerprint density at radius 1 is 1.20 bits per heavy atom. The van der Waals surface area contributed by atoms with Gasteiger partial charge in [0.15, 0.2) is 22.6 Å². The van der Waals surface area contributed by atoms with Crippen molar-refractivity contribution >= 4 is 16.5 Å². The fourth-order valence-electron chi connectivity index (χ4n) is 1.71. The Morgan fingerprint density at radius 3 is 2.75 bits per heavy atom. The van der Waals surface area contributed by atoms with Crippen molar-refractivity contribution in [2.45, 2.75) is 6.42 Å². The van der Waals surface area contributed by atoms with Crippen LogP contribution in [0.4, 0.5) is 13.9 Å². The molecule has 3 N–H and O–H groups in total. The van der Waals surface area contributed by atoms with Crippen LogP contribution in [0.2, 0.25) is 0 Å². The minimum atomic E-state index is -0.930. The summed E-state index contributed by atoms with van der Waals surface area (Å²) in [5, 5.41) is 9.04. The predicted molar refractivity (Wildman–Crippen MR) is 71.1 cm³/mol. The molecule has 0 radical (unpaired) electrons. The molecule has 2 aromatic heterocycles. The molecule has 20 heavy (non-hydrogen) atoms. The van der Waals surface area contributed by atoms with Gasteiger partial charge in [0.1, 0.15) is 5.82 Å². The second-order valence-electron chi connectivity index (χ2n) is 4.09. The lowest BCUT2D eigenvalue weighted by atomic mass is 10.2. The van der Waals surface area contributed by atoms with E-state index in [0.29, 0.717) is 28.8 Å². The van der Waals surface area contributed by atoms with Gasteiger partial charge in [-0.15, -0.1) is 11.3 Å². The summed E-state index contributed by atoms with van der Waals surface area (Å²) in [6, 6.07) is 3.52. The van der Waals surface area contributed by atoms with Gasteiger partial charge in [0.2, 0.25) is 0 Å². The molecule has 0 atom stereocenters. The van der Waals surface area contributed by atoms with Crippen LogP contribution in [0.3, 0.4) is 0 Å². The van der Waals surface area contributed by atoms with E-state index in [1.165, 1.54) is 17.4 Å². The van der Waals surface area contributed by atoms with Crippen LogP contribution in [-0.2, 0) is 6.42 Å². The molecule has 0 aliphatic rings. The maximum absolute atomic E-state index is 13.2. The van der Waals surface area contributed by atoms with Crippen molar-refractivity contribution in [1.29, 1.82) is 0 Å². The number of nitrogens with one attached hydrogen (secondary N) is 1. The Balaban J connectivity index is 1.84. The van der Waals surface area contributed by atoms with Crippen LogP contribution < -0.4 is 5.73 Å². The average molecular weight is 293 g/mol. The van der Waals surface area contributed by atoms with Gasteiger partial charge in [-0.25, -0.2) is 18.7 Å². The lowest BCUT2D eigenvalue weighted by molar-refractivity contribution is 0.509. The van der Waals surface area contributed by atoms with E-state index in [1.807, 2.05) is 5.38 Å². The summed E-state index contributed by atoms with van der Waals surface area (Å²) < 4.78 is 26.0. The number of hydrogen-bond donors (Lipinski definition) is 2. The second-order valence-corrected chi connectivity index (χ2v) is 4.98. The van der Waals surface area contributed by atoms with Crippen molar-refractivity contribution in [3.63, 3.8) is 0 Å². The van der Waals surface area contributed by atoms with E-state index < -0.39 is 11.6 Å². The van der Waals surface area contributed by atoms with Gasteiger partial charge in [0.25, 0.3) is 0 Å². The minimum Gasteiger partial charge on any atom is -0.375 e. The monoisotopic (exact) mass is 293 g/mol. The molecule has 0 bridgehead atoms. The van der Waals surface area contributed by atoms with E-state index in [2.05, 4.69) is 20.2 Å². The summed E-state index contributed by atoms with van der Waals surface area (Å²) in [6.07, 6.45) is 0.449. The zero-order valence-electron chi connectivity index (χ0n) is 10.1. The van der Waals surface area contributed by atoms with E-state index in [0.717, 1.165) is 17.8 Å². The van der Waals surface area contributed by atoms with Crippen LogP contribution in [0.1, 0.15) is 11.5 Å². The number of rotatable bonds is 3. The third-order valence-electron chi connectivity index (χ3n) is 2.63. The van der Waals surface area contributed by atoms with Crippen LogP contribution in [0.5, 0.6) is 0 Å². The summed E-state index contributed by atoms with van der Waals surface area (Å²) in [4.78, 5) is 8.34. The van der Waals surface area contributed by atoms with E-state index >= 15 is 0 Å². The molecule has 5 nitrogen and oxygen atoms in total. The number of nitrogen functional groups attached to an aromatic ring is 1. The summed E-state index contributed by atoms with van der Waals surface area (Å²) >= 11 is 1.34. The van der Waals surface area contributed by atoms with Gasteiger partial charge in [0.05, 0.1) is 12.1 Å². The number of aromatic nitrogens is 4. The number of nitrogens with zero attached hydrogens (tertiary/aromatic N) is 3. The molecule has 0 amide bonds. The summed E-state index contributed by atoms with van der Waals surface area (Å²) in [5.74, 6) is -0.944. The number of thiazole rings is 1. The molecule has 0 saturated carbocycles. The highest BCUT2D eigenvalue weighted by Gasteiger charge is 2.10. The maximum atomic E-state index is 13.2. The highest BCUT2D eigenvalue weighted by molar-refractivity contribution is 7.13. The quantitative estimate of drug-likeness (QED) is 0.777. The normalized spacial score (nSPS) is 10.9. The fourth-order valence-corrected chi connectivity index (χ4v) is 2.28. The first-order valence-electron chi connectivity index (χ1n) is 5.68. The number of aromatic amines is 1. The number of halogens is 2. The molecule has 102 valence electrons. The molecule has 0 aliphatic carbocycles. The van der Waals surface area contributed by atoms with Gasteiger partial charge in [-0.1, -0.05) is 0 Å². The molecule has 8 heteroatoms. The third kappa shape index (κ3) is 2.50. The van der Waals surface area contributed by atoms with Crippen LogP contribution in [-0.4, -0.2) is 20.2 Å². The van der Waals surface area contributed by atoms with Crippen LogP contribution >= 0.6 is 11.3 Å². The van der Waals surface area contributed by atoms with Gasteiger partial charge in [-0.3, -0.25) is 5.10 Å². The van der Waals surface area contributed by atoms with E-state index in [4.69, 9.17) is 5.73 Å². The Kier molecular flexibility index (Phi) is 3.15. The molecular weight excluding hydrogens is 284 g/mol. The van der Waals surface area contributed by atoms with Crippen molar-refractivity contribution in [3.8, 4) is 11.4 Å². The number of benzene rings is 1. The van der Waals surface area contributed by atoms with Gasteiger partial charge in [-0.05, 0) is 18.2 Å². The summed E-state index contributed by atoms with van der Waals surface area (Å²) in [6.45, 7) is 0. The minimum absolute atomic E-state index is 0.308. The van der Waals surface area contributed by atoms with Crippen molar-refractivity contribution in [3.05, 3.63) is 46.7 Å². The molecule has 0 saturated heterocycles. The highest BCUT2D eigenvalue weighted by atomic mass is 32.1. The van der Waals surface area contributed by atoms with Crippen LogP contribution in [0, 0.1) is 11.6 Å². The Bertz CT molecular complexity index is 752. The smallest absolute Gasteiger partial charge is 0.181 e. The zero-order valence-corrected chi connectivity index (χ0v) is 10.9. The first-order valence-corrected chi connectivity index (χ1v) is 6.56. The molecule has 0 unspecified atom stereocenters. The number of anilines is 1. The van der Waals surface area contributed by atoms with E-state index in [-0.39, 0.29) is 0 Å². The Morgan fingerprint density at radius 2 is 2.05 bits per heavy atom. The lowest BCUT2D eigenvalue weighted by Gasteiger charge is -1.96. The third-order valence-corrected chi connectivity index (χ3v) is 3.35.